The number of alkyl halides is 3. The molecular weight excluding hydrogens is 383 g/mol. The molecule has 0 bridgehead atoms. The number of hydrogen-bond donors (Lipinski definition) is 0. The molecule has 1 fully saturated rings. The Hall–Kier alpha value is -2.46. The number of thioether (sulfide) groups is 1. The zero-order valence-electron chi connectivity index (χ0n) is 15.5. The summed E-state index contributed by atoms with van der Waals surface area (Å²) in [4.78, 5) is 5.51. The van der Waals surface area contributed by atoms with Gasteiger partial charge >= 0.3 is 6.18 Å². The Morgan fingerprint density at radius 3 is 2.57 bits per heavy atom. The zero-order valence-corrected chi connectivity index (χ0v) is 16.3. The number of nitrogens with zero attached hydrogens (tertiary/aromatic N) is 3. The predicted octanol–water partition coefficient (Wildman–Crippen LogP) is 5.93. The van der Waals surface area contributed by atoms with Crippen molar-refractivity contribution in [1.29, 1.82) is 5.26 Å². The second-order valence-corrected chi connectivity index (χ2v) is 8.34. The molecule has 0 radical (unpaired) electrons. The topological polar surface area (TPSA) is 41.6 Å². The van der Waals surface area contributed by atoms with Crippen LogP contribution < -0.4 is 0 Å². The number of fused-ring (bicyclic) bond motifs is 1. The highest BCUT2D eigenvalue weighted by atomic mass is 32.2. The van der Waals surface area contributed by atoms with E-state index in [1.165, 1.54) is 6.07 Å². The fourth-order valence-electron chi connectivity index (χ4n) is 3.49. The quantitative estimate of drug-likeness (QED) is 0.509. The van der Waals surface area contributed by atoms with Gasteiger partial charge in [-0.05, 0) is 54.5 Å². The molecule has 1 saturated carbocycles. The second-order valence-electron chi connectivity index (χ2n) is 7.03. The molecule has 1 aromatic heterocycles. The van der Waals surface area contributed by atoms with Gasteiger partial charge in [-0.1, -0.05) is 13.0 Å². The molecule has 1 aliphatic carbocycles. The Balaban J connectivity index is 1.85. The van der Waals surface area contributed by atoms with Crippen LogP contribution in [0.1, 0.15) is 30.9 Å². The molecule has 28 heavy (non-hydrogen) atoms. The molecule has 0 spiro atoms. The molecule has 0 unspecified atom stereocenters. The van der Waals surface area contributed by atoms with E-state index in [1.807, 2.05) is 36.7 Å². The third-order valence-electron chi connectivity index (χ3n) is 5.25. The van der Waals surface area contributed by atoms with Crippen molar-refractivity contribution in [3.05, 3.63) is 47.5 Å². The van der Waals surface area contributed by atoms with E-state index in [0.29, 0.717) is 16.9 Å². The van der Waals surface area contributed by atoms with Crippen molar-refractivity contribution in [3.8, 4) is 17.5 Å². The number of halogens is 3. The first-order valence-corrected chi connectivity index (χ1v) is 10.0. The lowest BCUT2D eigenvalue weighted by molar-refractivity contribution is -0.137. The first-order valence-electron chi connectivity index (χ1n) is 9.02. The standard InChI is InChI=1S/C21H18F3N3S/c1-3-28-18-11-13(20(12-25)8-9-20)4-6-15(18)19-26-16-10-14(21(22,23)24)5-7-17(16)27(19)2/h4-7,10-11H,3,8-9H2,1-2H3. The van der Waals surface area contributed by atoms with Crippen molar-refractivity contribution in [1.82, 2.24) is 9.55 Å². The van der Waals surface area contributed by atoms with Crippen molar-refractivity contribution < 1.29 is 13.2 Å². The van der Waals surface area contributed by atoms with E-state index in [-0.39, 0.29) is 5.41 Å². The molecule has 0 amide bonds. The fraction of sp³-hybridized carbons (Fsp3) is 0.333. The van der Waals surface area contributed by atoms with E-state index in [0.717, 1.165) is 46.7 Å². The van der Waals surface area contributed by atoms with Gasteiger partial charge in [0.2, 0.25) is 0 Å². The Labute approximate surface area is 165 Å². The number of imidazole rings is 1. The van der Waals surface area contributed by atoms with Crippen molar-refractivity contribution in [3.63, 3.8) is 0 Å². The lowest BCUT2D eigenvalue weighted by Crippen LogP contribution is -2.04. The minimum Gasteiger partial charge on any atom is -0.327 e. The molecule has 1 aliphatic rings. The molecule has 0 saturated heterocycles. The molecule has 3 aromatic rings. The van der Waals surface area contributed by atoms with E-state index in [9.17, 15) is 18.4 Å². The summed E-state index contributed by atoms with van der Waals surface area (Å²) >= 11 is 1.65. The first kappa shape index (κ1) is 18.9. The Morgan fingerprint density at radius 2 is 1.96 bits per heavy atom. The largest absolute Gasteiger partial charge is 0.416 e. The molecule has 0 N–H and O–H groups in total. The maximum Gasteiger partial charge on any atom is 0.416 e. The number of rotatable bonds is 4. The zero-order chi connectivity index (χ0) is 20.1. The van der Waals surface area contributed by atoms with Gasteiger partial charge in [0.05, 0.1) is 28.1 Å². The van der Waals surface area contributed by atoms with Crippen LogP contribution in [0.15, 0.2) is 41.3 Å². The van der Waals surface area contributed by atoms with E-state index >= 15 is 0 Å². The lowest BCUT2D eigenvalue weighted by Gasteiger charge is -2.13. The highest BCUT2D eigenvalue weighted by molar-refractivity contribution is 7.99. The van der Waals surface area contributed by atoms with Gasteiger partial charge in [0, 0.05) is 17.5 Å². The number of aryl methyl sites for hydroxylation is 1. The summed E-state index contributed by atoms with van der Waals surface area (Å²) in [5, 5.41) is 9.48. The highest BCUT2D eigenvalue weighted by Gasteiger charge is 2.45. The number of benzene rings is 2. The Morgan fingerprint density at radius 1 is 1.21 bits per heavy atom. The van der Waals surface area contributed by atoms with Crippen LogP contribution in [0.4, 0.5) is 13.2 Å². The van der Waals surface area contributed by atoms with Gasteiger partial charge in [-0.2, -0.15) is 18.4 Å². The molecule has 4 rings (SSSR count). The van der Waals surface area contributed by atoms with Gasteiger partial charge in [-0.15, -0.1) is 11.8 Å². The summed E-state index contributed by atoms with van der Waals surface area (Å²) in [7, 11) is 1.81. The monoisotopic (exact) mass is 401 g/mol. The molecule has 0 atom stereocenters. The molecule has 0 aliphatic heterocycles. The van der Waals surface area contributed by atoms with E-state index in [2.05, 4.69) is 11.1 Å². The van der Waals surface area contributed by atoms with Crippen molar-refractivity contribution in [2.75, 3.05) is 5.75 Å². The van der Waals surface area contributed by atoms with Crippen LogP contribution in [0.25, 0.3) is 22.4 Å². The molecular formula is C21H18F3N3S. The minimum atomic E-state index is -4.40. The van der Waals surface area contributed by atoms with E-state index in [1.54, 1.807) is 11.8 Å². The number of nitriles is 1. The average molecular weight is 401 g/mol. The molecule has 144 valence electrons. The second kappa shape index (κ2) is 6.56. The van der Waals surface area contributed by atoms with E-state index in [4.69, 9.17) is 0 Å². The summed E-state index contributed by atoms with van der Waals surface area (Å²) in [5.41, 5.74) is 1.77. The van der Waals surface area contributed by atoms with Crippen LogP contribution in [0, 0.1) is 11.3 Å². The van der Waals surface area contributed by atoms with Crippen LogP contribution in [0.2, 0.25) is 0 Å². The van der Waals surface area contributed by atoms with Crippen molar-refractivity contribution >= 4 is 22.8 Å². The summed E-state index contributed by atoms with van der Waals surface area (Å²) in [6.07, 6.45) is -2.66. The van der Waals surface area contributed by atoms with Crippen LogP contribution in [-0.4, -0.2) is 15.3 Å². The van der Waals surface area contributed by atoms with Gasteiger partial charge in [0.15, 0.2) is 0 Å². The van der Waals surface area contributed by atoms with Gasteiger partial charge < -0.3 is 4.57 Å². The summed E-state index contributed by atoms with van der Waals surface area (Å²) in [5.74, 6) is 1.47. The molecule has 1 heterocycles. The third kappa shape index (κ3) is 3.06. The Bertz CT molecular complexity index is 1100. The molecule has 2 aromatic carbocycles. The normalized spacial score (nSPS) is 15.6. The number of aromatic nitrogens is 2. The SMILES string of the molecule is CCSc1cc(C2(C#N)CC2)ccc1-c1nc2cc(C(F)(F)F)ccc2n1C. The average Bonchev–Trinajstić information content (AvgIpc) is 3.40. The van der Waals surface area contributed by atoms with Gasteiger partial charge in [-0.25, -0.2) is 4.98 Å². The van der Waals surface area contributed by atoms with Crippen molar-refractivity contribution in [2.24, 2.45) is 7.05 Å². The van der Waals surface area contributed by atoms with Crippen LogP contribution in [0.3, 0.4) is 0 Å². The third-order valence-corrected chi connectivity index (χ3v) is 6.18. The van der Waals surface area contributed by atoms with Gasteiger partial charge in [-0.3, -0.25) is 0 Å². The lowest BCUT2D eigenvalue weighted by atomic mass is 9.96. The summed E-state index contributed by atoms with van der Waals surface area (Å²) in [6.45, 7) is 2.04. The maximum absolute atomic E-state index is 13.0. The van der Waals surface area contributed by atoms with Gasteiger partial charge in [0.25, 0.3) is 0 Å². The maximum atomic E-state index is 13.0. The summed E-state index contributed by atoms with van der Waals surface area (Å²) in [6, 6.07) is 12.0. The van der Waals surface area contributed by atoms with Crippen LogP contribution in [0.5, 0.6) is 0 Å². The molecule has 3 nitrogen and oxygen atoms in total. The van der Waals surface area contributed by atoms with Crippen LogP contribution >= 0.6 is 11.8 Å². The highest BCUT2D eigenvalue weighted by Crippen LogP contribution is 2.49. The van der Waals surface area contributed by atoms with Gasteiger partial charge in [0.1, 0.15) is 5.82 Å². The fourth-order valence-corrected chi connectivity index (χ4v) is 4.32. The molecule has 7 heteroatoms. The minimum absolute atomic E-state index is 0.319. The number of hydrogen-bond acceptors (Lipinski definition) is 3. The van der Waals surface area contributed by atoms with E-state index < -0.39 is 11.7 Å². The predicted molar refractivity (Wildman–Crippen MR) is 104 cm³/mol. The Kier molecular flexibility index (Phi) is 4.42. The smallest absolute Gasteiger partial charge is 0.327 e. The first-order chi connectivity index (χ1) is 13.3. The van der Waals surface area contributed by atoms with Crippen molar-refractivity contribution in [2.45, 2.75) is 36.3 Å². The summed E-state index contributed by atoms with van der Waals surface area (Å²) < 4.78 is 40.9. The van der Waals surface area contributed by atoms with Crippen LogP contribution in [-0.2, 0) is 18.6 Å².